The van der Waals surface area contributed by atoms with Crippen LogP contribution in [0.5, 0.6) is 11.5 Å². The highest BCUT2D eigenvalue weighted by atomic mass is 32.1. The van der Waals surface area contributed by atoms with Crippen LogP contribution in [-0.4, -0.2) is 32.2 Å². The summed E-state index contributed by atoms with van der Waals surface area (Å²) in [5, 5.41) is 6.48. The fourth-order valence-electron chi connectivity index (χ4n) is 1.72. The van der Waals surface area contributed by atoms with Crippen molar-refractivity contribution in [1.29, 1.82) is 0 Å². The molecule has 106 valence electrons. The van der Waals surface area contributed by atoms with Crippen LogP contribution in [0.1, 0.15) is 11.3 Å². The molecule has 1 aromatic heterocycles. The minimum absolute atomic E-state index is 0.719. The lowest BCUT2D eigenvalue weighted by Crippen LogP contribution is -2.11. The topological polar surface area (TPSA) is 48.1 Å². The largest absolute Gasteiger partial charge is 0.497 e. The fraction of sp³-hybridized carbons (Fsp3) is 0.286. The van der Waals surface area contributed by atoms with E-state index in [1.54, 1.807) is 43.5 Å². The summed E-state index contributed by atoms with van der Waals surface area (Å²) in [7, 11) is 5.01. The lowest BCUT2D eigenvalue weighted by Gasteiger charge is -2.07. The highest BCUT2D eigenvalue weighted by Gasteiger charge is 2.03. The van der Waals surface area contributed by atoms with Gasteiger partial charge in [0, 0.05) is 24.1 Å². The molecule has 5 nitrogen and oxygen atoms in total. The molecule has 0 amide bonds. The molecule has 0 aliphatic rings. The maximum absolute atomic E-state index is 5.34. The molecule has 0 N–H and O–H groups in total. The summed E-state index contributed by atoms with van der Waals surface area (Å²) in [4.78, 5) is 5.04. The Kier molecular flexibility index (Phi) is 4.57. The predicted molar refractivity (Wildman–Crippen MR) is 81.1 cm³/mol. The van der Waals surface area contributed by atoms with Crippen LogP contribution in [0.2, 0.25) is 0 Å². The van der Waals surface area contributed by atoms with Gasteiger partial charge in [-0.25, -0.2) is 4.68 Å². The van der Waals surface area contributed by atoms with Gasteiger partial charge in [0.05, 0.1) is 26.1 Å². The van der Waals surface area contributed by atoms with Crippen molar-refractivity contribution in [2.75, 3.05) is 21.3 Å². The SMILES string of the molecule is CN=c1scc(C)n1/N=C/c1ccc(OC)cc1OC. The Labute approximate surface area is 121 Å². The Morgan fingerprint density at radius 2 is 2.05 bits per heavy atom. The molecule has 0 aliphatic carbocycles. The predicted octanol–water partition coefficient (Wildman–Crippen LogP) is 2.29. The third kappa shape index (κ3) is 2.91. The number of rotatable bonds is 4. The van der Waals surface area contributed by atoms with Gasteiger partial charge in [0.15, 0.2) is 0 Å². The summed E-state index contributed by atoms with van der Waals surface area (Å²) in [6.07, 6.45) is 1.76. The quantitative estimate of drug-likeness (QED) is 0.811. The van der Waals surface area contributed by atoms with Crippen LogP contribution in [0.25, 0.3) is 0 Å². The van der Waals surface area contributed by atoms with Crippen molar-refractivity contribution in [2.24, 2.45) is 10.1 Å². The maximum atomic E-state index is 5.34. The minimum atomic E-state index is 0.719. The third-order valence-electron chi connectivity index (χ3n) is 2.79. The second-order valence-corrected chi connectivity index (χ2v) is 4.88. The zero-order valence-electron chi connectivity index (χ0n) is 12.0. The van der Waals surface area contributed by atoms with Crippen molar-refractivity contribution in [3.63, 3.8) is 0 Å². The molecular weight excluding hydrogens is 274 g/mol. The minimum Gasteiger partial charge on any atom is -0.497 e. The number of methoxy groups -OCH3 is 2. The van der Waals surface area contributed by atoms with Crippen molar-refractivity contribution >= 4 is 17.6 Å². The van der Waals surface area contributed by atoms with Gasteiger partial charge >= 0.3 is 0 Å². The van der Waals surface area contributed by atoms with E-state index in [2.05, 4.69) is 10.1 Å². The number of hydrogen-bond donors (Lipinski definition) is 0. The van der Waals surface area contributed by atoms with E-state index in [0.717, 1.165) is 27.6 Å². The van der Waals surface area contributed by atoms with E-state index in [0.29, 0.717) is 0 Å². The van der Waals surface area contributed by atoms with Crippen molar-refractivity contribution in [2.45, 2.75) is 6.92 Å². The standard InChI is InChI=1S/C14H17N3O2S/c1-10-9-20-14(15-2)17(10)16-8-11-5-6-12(18-3)7-13(11)19-4/h5-9H,1-4H3/b15-14?,16-8+. The zero-order valence-corrected chi connectivity index (χ0v) is 12.8. The number of aryl methyl sites for hydroxylation is 1. The molecule has 0 fully saturated rings. The lowest BCUT2D eigenvalue weighted by atomic mass is 10.2. The van der Waals surface area contributed by atoms with E-state index >= 15 is 0 Å². The highest BCUT2D eigenvalue weighted by Crippen LogP contribution is 2.23. The van der Waals surface area contributed by atoms with Crippen molar-refractivity contribution in [1.82, 2.24) is 4.68 Å². The normalized spacial score (nSPS) is 12.1. The van der Waals surface area contributed by atoms with E-state index in [9.17, 15) is 0 Å². The molecule has 20 heavy (non-hydrogen) atoms. The Morgan fingerprint density at radius 3 is 2.70 bits per heavy atom. The van der Waals surface area contributed by atoms with Crippen LogP contribution < -0.4 is 14.3 Å². The van der Waals surface area contributed by atoms with E-state index in [4.69, 9.17) is 9.47 Å². The molecule has 2 aromatic rings. The second kappa shape index (κ2) is 6.38. The van der Waals surface area contributed by atoms with E-state index in [1.807, 2.05) is 30.5 Å². The number of hydrogen-bond acceptors (Lipinski definition) is 5. The van der Waals surface area contributed by atoms with Gasteiger partial charge in [-0.2, -0.15) is 5.10 Å². The molecular formula is C14H17N3O2S. The average Bonchev–Trinajstić information content (AvgIpc) is 2.85. The molecule has 0 spiro atoms. The first kappa shape index (κ1) is 14.3. The monoisotopic (exact) mass is 291 g/mol. The Balaban J connectivity index is 2.39. The van der Waals surface area contributed by atoms with Crippen LogP contribution >= 0.6 is 11.3 Å². The highest BCUT2D eigenvalue weighted by molar-refractivity contribution is 7.07. The summed E-state index contributed by atoms with van der Waals surface area (Å²) in [6.45, 7) is 1.99. The van der Waals surface area contributed by atoms with Crippen molar-refractivity contribution in [3.05, 3.63) is 39.6 Å². The van der Waals surface area contributed by atoms with E-state index in [-0.39, 0.29) is 0 Å². The molecule has 6 heteroatoms. The van der Waals surface area contributed by atoms with Gasteiger partial charge < -0.3 is 9.47 Å². The van der Waals surface area contributed by atoms with Gasteiger partial charge in [-0.15, -0.1) is 11.3 Å². The van der Waals surface area contributed by atoms with Gasteiger partial charge in [-0.1, -0.05) is 0 Å². The van der Waals surface area contributed by atoms with Crippen LogP contribution in [-0.2, 0) is 0 Å². The maximum Gasteiger partial charge on any atom is 0.205 e. The molecule has 0 radical (unpaired) electrons. The summed E-state index contributed by atoms with van der Waals surface area (Å²) in [5.41, 5.74) is 1.92. The smallest absolute Gasteiger partial charge is 0.205 e. The van der Waals surface area contributed by atoms with Crippen molar-refractivity contribution in [3.8, 4) is 11.5 Å². The summed E-state index contributed by atoms with van der Waals surface area (Å²) < 4.78 is 12.3. The van der Waals surface area contributed by atoms with Gasteiger partial charge in [-0.05, 0) is 19.1 Å². The summed E-state index contributed by atoms with van der Waals surface area (Å²) >= 11 is 1.56. The van der Waals surface area contributed by atoms with Crippen molar-refractivity contribution < 1.29 is 9.47 Å². The number of aromatic nitrogens is 1. The average molecular weight is 291 g/mol. The van der Waals surface area contributed by atoms with Crippen LogP contribution in [0.3, 0.4) is 0 Å². The van der Waals surface area contributed by atoms with Gasteiger partial charge in [0.1, 0.15) is 11.5 Å². The van der Waals surface area contributed by atoms with Crippen LogP contribution in [0.4, 0.5) is 0 Å². The number of benzene rings is 1. The van der Waals surface area contributed by atoms with E-state index < -0.39 is 0 Å². The first-order chi connectivity index (χ1) is 9.69. The molecule has 0 atom stereocenters. The Hall–Kier alpha value is -2.08. The molecule has 0 saturated heterocycles. The number of thiazole rings is 1. The summed E-state index contributed by atoms with van der Waals surface area (Å²) in [6, 6.07) is 5.61. The molecule has 0 unspecified atom stereocenters. The molecule has 2 rings (SSSR count). The second-order valence-electron chi connectivity index (χ2n) is 4.05. The molecule has 1 aromatic carbocycles. The molecule has 0 saturated carbocycles. The zero-order chi connectivity index (χ0) is 14.5. The lowest BCUT2D eigenvalue weighted by molar-refractivity contribution is 0.394. The van der Waals surface area contributed by atoms with Crippen LogP contribution in [0.15, 0.2) is 33.7 Å². The molecule has 1 heterocycles. The van der Waals surface area contributed by atoms with Gasteiger partial charge in [0.25, 0.3) is 0 Å². The fourth-order valence-corrected chi connectivity index (χ4v) is 2.49. The first-order valence-electron chi connectivity index (χ1n) is 6.06. The molecule has 0 bridgehead atoms. The molecule has 0 aliphatic heterocycles. The Morgan fingerprint density at radius 1 is 1.25 bits per heavy atom. The number of ether oxygens (including phenoxy) is 2. The van der Waals surface area contributed by atoms with Gasteiger partial charge in [0.2, 0.25) is 4.80 Å². The first-order valence-corrected chi connectivity index (χ1v) is 6.94. The number of nitrogens with zero attached hydrogens (tertiary/aromatic N) is 3. The van der Waals surface area contributed by atoms with Crippen LogP contribution in [0, 0.1) is 6.92 Å². The third-order valence-corrected chi connectivity index (χ3v) is 3.82. The van der Waals surface area contributed by atoms with Gasteiger partial charge in [-0.3, -0.25) is 4.99 Å². The summed E-state index contributed by atoms with van der Waals surface area (Å²) in [5.74, 6) is 1.47. The Bertz CT molecular complexity index is 686. The van der Waals surface area contributed by atoms with E-state index in [1.165, 1.54) is 0 Å².